The summed E-state index contributed by atoms with van der Waals surface area (Å²) >= 11 is 0. The molecule has 0 atom stereocenters. The van der Waals surface area contributed by atoms with E-state index in [4.69, 9.17) is 4.74 Å². The third kappa shape index (κ3) is 2.68. The van der Waals surface area contributed by atoms with Gasteiger partial charge < -0.3 is 14.2 Å². The molecule has 0 N–H and O–H groups in total. The van der Waals surface area contributed by atoms with Crippen LogP contribution in [0.1, 0.15) is 11.3 Å². The number of hydrogen-bond acceptors (Lipinski definition) is 2. The zero-order valence-electron chi connectivity index (χ0n) is 12.8. The molecule has 4 nitrogen and oxygen atoms in total. The molecule has 0 unspecified atom stereocenters. The number of ether oxygens (including phenoxy) is 1. The van der Waals surface area contributed by atoms with E-state index in [1.807, 2.05) is 36.4 Å². The molecular formula is C19H18N2O2. The Morgan fingerprint density at radius 3 is 2.65 bits per heavy atom. The van der Waals surface area contributed by atoms with Crippen LogP contribution in [0.3, 0.4) is 0 Å². The highest BCUT2D eigenvalue weighted by Gasteiger charge is 2.23. The first-order valence-electron chi connectivity index (χ1n) is 7.84. The summed E-state index contributed by atoms with van der Waals surface area (Å²) in [5, 5.41) is 1.22. The quantitative estimate of drug-likeness (QED) is 0.722. The van der Waals surface area contributed by atoms with Gasteiger partial charge in [0.05, 0.1) is 6.54 Å². The van der Waals surface area contributed by atoms with Crippen LogP contribution >= 0.6 is 0 Å². The summed E-state index contributed by atoms with van der Waals surface area (Å²) in [4.78, 5) is 14.1. The number of benzene rings is 2. The smallest absolute Gasteiger partial charge is 0.410 e. The Hall–Kier alpha value is -2.75. The van der Waals surface area contributed by atoms with E-state index in [0.717, 1.165) is 17.8 Å². The number of fused-ring (bicyclic) bond motifs is 3. The first-order chi connectivity index (χ1) is 11.3. The Bertz CT molecular complexity index is 839. The standard InChI is InChI=1S/C19H18N2O2/c22-19(23-14-15-6-2-1-3-7-15)20-10-11-21-17(13-20)12-16-8-4-5-9-18(16)21/h1-9,12H,10-11,13-14H2. The van der Waals surface area contributed by atoms with Gasteiger partial charge in [-0.15, -0.1) is 0 Å². The van der Waals surface area contributed by atoms with Crippen LogP contribution in [0.2, 0.25) is 0 Å². The van der Waals surface area contributed by atoms with Crippen LogP contribution in [0.15, 0.2) is 60.7 Å². The predicted molar refractivity (Wildman–Crippen MR) is 89.0 cm³/mol. The fourth-order valence-electron chi connectivity index (χ4n) is 3.12. The van der Waals surface area contributed by atoms with Crippen LogP contribution in [0.25, 0.3) is 10.9 Å². The van der Waals surface area contributed by atoms with Crippen LogP contribution in [0.5, 0.6) is 0 Å². The van der Waals surface area contributed by atoms with Crippen LogP contribution in [-0.4, -0.2) is 22.1 Å². The highest BCUT2D eigenvalue weighted by molar-refractivity contribution is 5.81. The minimum Gasteiger partial charge on any atom is -0.445 e. The molecular weight excluding hydrogens is 288 g/mol. The van der Waals surface area contributed by atoms with Gasteiger partial charge in [0.1, 0.15) is 6.61 Å². The number of aromatic nitrogens is 1. The lowest BCUT2D eigenvalue weighted by atomic mass is 10.2. The van der Waals surface area contributed by atoms with Crippen LogP contribution in [0.4, 0.5) is 4.79 Å². The molecule has 0 bridgehead atoms. The van der Waals surface area contributed by atoms with Crippen molar-refractivity contribution in [3.63, 3.8) is 0 Å². The minimum absolute atomic E-state index is 0.245. The first-order valence-corrected chi connectivity index (χ1v) is 7.84. The zero-order chi connectivity index (χ0) is 15.6. The molecule has 0 spiro atoms. The summed E-state index contributed by atoms with van der Waals surface area (Å²) in [6.07, 6.45) is -0.245. The lowest BCUT2D eigenvalue weighted by Crippen LogP contribution is -2.38. The van der Waals surface area contributed by atoms with Gasteiger partial charge in [0.25, 0.3) is 0 Å². The van der Waals surface area contributed by atoms with Crippen LogP contribution in [0, 0.1) is 0 Å². The molecule has 0 radical (unpaired) electrons. The second-order valence-corrected chi connectivity index (χ2v) is 5.81. The van der Waals surface area contributed by atoms with Gasteiger partial charge in [-0.05, 0) is 23.1 Å². The second-order valence-electron chi connectivity index (χ2n) is 5.81. The summed E-state index contributed by atoms with van der Waals surface area (Å²) in [5.74, 6) is 0. The molecule has 1 amide bonds. The molecule has 23 heavy (non-hydrogen) atoms. The van der Waals surface area contributed by atoms with Crippen molar-refractivity contribution in [2.45, 2.75) is 19.7 Å². The van der Waals surface area contributed by atoms with Gasteiger partial charge in [0.15, 0.2) is 0 Å². The maximum atomic E-state index is 12.3. The zero-order valence-corrected chi connectivity index (χ0v) is 12.8. The molecule has 0 fully saturated rings. The number of rotatable bonds is 2. The average Bonchev–Trinajstić information content (AvgIpc) is 2.98. The molecule has 1 aliphatic rings. The molecule has 1 aliphatic heterocycles. The molecule has 2 aromatic carbocycles. The van der Waals surface area contributed by atoms with E-state index in [0.29, 0.717) is 19.7 Å². The van der Waals surface area contributed by atoms with Gasteiger partial charge in [-0.3, -0.25) is 0 Å². The van der Waals surface area contributed by atoms with Crippen molar-refractivity contribution in [3.05, 3.63) is 71.9 Å². The monoisotopic (exact) mass is 306 g/mol. The Balaban J connectivity index is 1.46. The number of carbonyl (C=O) groups is 1. The van der Waals surface area contributed by atoms with Gasteiger partial charge in [0.2, 0.25) is 0 Å². The Kier molecular flexibility index (Phi) is 3.50. The third-order valence-corrected chi connectivity index (χ3v) is 4.31. The van der Waals surface area contributed by atoms with Gasteiger partial charge in [-0.25, -0.2) is 4.79 Å². The van der Waals surface area contributed by atoms with Crippen molar-refractivity contribution in [1.29, 1.82) is 0 Å². The van der Waals surface area contributed by atoms with Gasteiger partial charge >= 0.3 is 6.09 Å². The molecule has 0 saturated heterocycles. The fraction of sp³-hybridized carbons (Fsp3) is 0.211. The van der Waals surface area contributed by atoms with Crippen molar-refractivity contribution in [3.8, 4) is 0 Å². The number of hydrogen-bond donors (Lipinski definition) is 0. The summed E-state index contributed by atoms with van der Waals surface area (Å²) < 4.78 is 7.72. The van der Waals surface area contributed by atoms with Gasteiger partial charge in [-0.2, -0.15) is 0 Å². The van der Waals surface area contributed by atoms with Crippen molar-refractivity contribution in [2.24, 2.45) is 0 Å². The molecule has 0 saturated carbocycles. The van der Waals surface area contributed by atoms with Gasteiger partial charge in [0, 0.05) is 24.3 Å². The topological polar surface area (TPSA) is 34.5 Å². The Labute approximate surface area is 134 Å². The van der Waals surface area contributed by atoms with E-state index < -0.39 is 0 Å². The van der Waals surface area contributed by atoms with Crippen molar-refractivity contribution >= 4 is 17.0 Å². The minimum atomic E-state index is -0.245. The first kappa shape index (κ1) is 13.9. The highest BCUT2D eigenvalue weighted by Crippen LogP contribution is 2.24. The largest absolute Gasteiger partial charge is 0.445 e. The number of para-hydroxylation sites is 1. The fourth-order valence-corrected chi connectivity index (χ4v) is 3.12. The van der Waals surface area contributed by atoms with E-state index in [2.05, 4.69) is 28.8 Å². The van der Waals surface area contributed by atoms with Crippen molar-refractivity contribution in [1.82, 2.24) is 9.47 Å². The number of nitrogens with zero attached hydrogens (tertiary/aromatic N) is 2. The number of amides is 1. The normalized spacial score (nSPS) is 13.8. The highest BCUT2D eigenvalue weighted by atomic mass is 16.6. The molecule has 4 rings (SSSR count). The van der Waals surface area contributed by atoms with E-state index in [1.165, 1.54) is 10.9 Å². The van der Waals surface area contributed by atoms with E-state index in [9.17, 15) is 4.79 Å². The lowest BCUT2D eigenvalue weighted by molar-refractivity contribution is 0.0872. The average molecular weight is 306 g/mol. The van der Waals surface area contributed by atoms with E-state index in [-0.39, 0.29) is 6.09 Å². The molecule has 1 aromatic heterocycles. The summed E-state index contributed by atoms with van der Waals surface area (Å²) in [5.41, 5.74) is 3.40. The SMILES string of the molecule is O=C(OCc1ccccc1)N1CCn2c(cc3ccccc32)C1. The molecule has 2 heterocycles. The molecule has 4 heteroatoms. The lowest BCUT2D eigenvalue weighted by Gasteiger charge is -2.28. The third-order valence-electron chi connectivity index (χ3n) is 4.31. The summed E-state index contributed by atoms with van der Waals surface area (Å²) in [6.45, 7) is 2.41. The second kappa shape index (κ2) is 5.80. The van der Waals surface area contributed by atoms with E-state index in [1.54, 1.807) is 4.90 Å². The number of carbonyl (C=O) groups excluding carboxylic acids is 1. The Morgan fingerprint density at radius 1 is 1.00 bits per heavy atom. The maximum absolute atomic E-state index is 12.3. The van der Waals surface area contributed by atoms with Gasteiger partial charge in [-0.1, -0.05) is 48.5 Å². The summed E-state index contributed by atoms with van der Waals surface area (Å²) in [6, 6.07) is 20.3. The van der Waals surface area contributed by atoms with Crippen molar-refractivity contribution in [2.75, 3.05) is 6.54 Å². The van der Waals surface area contributed by atoms with E-state index >= 15 is 0 Å². The molecule has 3 aromatic rings. The van der Waals surface area contributed by atoms with Crippen molar-refractivity contribution < 1.29 is 9.53 Å². The summed E-state index contributed by atoms with van der Waals surface area (Å²) in [7, 11) is 0. The molecule has 116 valence electrons. The predicted octanol–water partition coefficient (Wildman–Crippen LogP) is 3.79. The maximum Gasteiger partial charge on any atom is 0.410 e. The van der Waals surface area contributed by atoms with Crippen LogP contribution < -0.4 is 0 Å². The van der Waals surface area contributed by atoms with Crippen LogP contribution in [-0.2, 0) is 24.4 Å². The Morgan fingerprint density at radius 2 is 1.78 bits per heavy atom. The molecule has 0 aliphatic carbocycles.